The quantitative estimate of drug-likeness (QED) is 0.298. The molecule has 2 aromatic carbocycles. The van der Waals surface area contributed by atoms with E-state index in [2.05, 4.69) is 17.4 Å². The number of sulfonamides is 1. The van der Waals surface area contributed by atoms with Crippen molar-refractivity contribution in [2.45, 2.75) is 17.3 Å². The Morgan fingerprint density at radius 2 is 1.86 bits per heavy atom. The summed E-state index contributed by atoms with van der Waals surface area (Å²) in [6, 6.07) is 18.1. The van der Waals surface area contributed by atoms with Crippen LogP contribution in [0.4, 0.5) is 0 Å². The molecule has 8 nitrogen and oxygen atoms in total. The van der Waals surface area contributed by atoms with Gasteiger partial charge in [0.25, 0.3) is 5.91 Å². The van der Waals surface area contributed by atoms with Crippen LogP contribution >= 0.6 is 24.4 Å². The minimum Gasteiger partial charge on any atom is -0.480 e. The first kappa shape index (κ1) is 25.1. The van der Waals surface area contributed by atoms with Crippen molar-refractivity contribution in [2.24, 2.45) is 0 Å². The average Bonchev–Trinajstić information content (AvgIpc) is 3.38. The van der Waals surface area contributed by atoms with Crippen molar-refractivity contribution in [1.82, 2.24) is 9.62 Å². The molecule has 11 heteroatoms. The second-order valence-electron chi connectivity index (χ2n) is 7.86. The molecule has 2 N–H and O–H groups in total. The van der Waals surface area contributed by atoms with E-state index in [1.54, 1.807) is 35.2 Å². The normalized spacial score (nSPS) is 18.2. The Morgan fingerprint density at radius 3 is 2.49 bits per heavy atom. The van der Waals surface area contributed by atoms with Crippen LogP contribution in [0.15, 0.2) is 76.1 Å². The van der Waals surface area contributed by atoms with E-state index in [1.165, 1.54) is 23.9 Å². The molecule has 1 amide bonds. The van der Waals surface area contributed by atoms with Crippen molar-refractivity contribution in [3.05, 3.63) is 88.5 Å². The fourth-order valence-corrected chi connectivity index (χ4v) is 5.64. The summed E-state index contributed by atoms with van der Waals surface area (Å²) in [4.78, 5) is 26.6. The second kappa shape index (κ2) is 10.3. The number of thiol groups is 1. The van der Waals surface area contributed by atoms with Crippen LogP contribution in [-0.4, -0.2) is 41.3 Å². The molecule has 2 heterocycles. The summed E-state index contributed by atoms with van der Waals surface area (Å²) in [6.45, 7) is 0.458. The van der Waals surface area contributed by atoms with Gasteiger partial charge in [0.15, 0.2) is 0 Å². The third-order valence-corrected chi connectivity index (χ3v) is 7.44. The summed E-state index contributed by atoms with van der Waals surface area (Å²) in [7, 11) is -3.71. The lowest BCUT2D eigenvalue weighted by atomic mass is 10.0. The van der Waals surface area contributed by atoms with Crippen LogP contribution in [0.1, 0.15) is 22.9 Å². The van der Waals surface area contributed by atoms with E-state index >= 15 is 0 Å². The van der Waals surface area contributed by atoms with Crippen LogP contribution in [0.3, 0.4) is 0 Å². The van der Waals surface area contributed by atoms with Gasteiger partial charge in [-0.1, -0.05) is 66.4 Å². The molecule has 1 aliphatic heterocycles. The molecule has 0 bridgehead atoms. The number of nitrogens with zero attached hydrogens (tertiary/aromatic N) is 1. The van der Waals surface area contributed by atoms with Crippen molar-refractivity contribution < 1.29 is 27.5 Å². The first-order valence-corrected chi connectivity index (χ1v) is 13.7. The second-order valence-corrected chi connectivity index (χ2v) is 11.6. The fourth-order valence-electron chi connectivity index (χ4n) is 3.52. The molecule has 0 saturated carbocycles. The Labute approximate surface area is 212 Å². The number of carboxylic acids is 1. The van der Waals surface area contributed by atoms with Gasteiger partial charge in [-0.3, -0.25) is 9.59 Å². The van der Waals surface area contributed by atoms with Crippen molar-refractivity contribution in [1.29, 1.82) is 0 Å². The fraction of sp³-hybridized carbons (Fsp3) is 0.167. The van der Waals surface area contributed by atoms with Gasteiger partial charge in [-0.25, -0.2) is 8.42 Å². The van der Waals surface area contributed by atoms with Crippen LogP contribution in [-0.2, 0) is 26.2 Å². The zero-order chi connectivity index (χ0) is 25.2. The molecule has 1 aromatic heterocycles. The maximum absolute atomic E-state index is 12.9. The highest BCUT2D eigenvalue weighted by Crippen LogP contribution is 2.39. The van der Waals surface area contributed by atoms with E-state index < -0.39 is 22.0 Å². The molecular formula is C24H22N2O6S3. The Balaban J connectivity index is 1.49. The first-order chi connectivity index (χ1) is 16.6. The minimum absolute atomic E-state index is 0.126. The summed E-state index contributed by atoms with van der Waals surface area (Å²) in [5.74, 6) is -0.425. The van der Waals surface area contributed by atoms with Gasteiger partial charge in [0, 0.05) is 18.2 Å². The number of furan rings is 1. The monoisotopic (exact) mass is 530 g/mol. The van der Waals surface area contributed by atoms with Crippen LogP contribution in [0, 0.1) is 0 Å². The van der Waals surface area contributed by atoms with E-state index in [0.29, 0.717) is 28.5 Å². The molecule has 2 atom stereocenters. The van der Waals surface area contributed by atoms with Crippen molar-refractivity contribution in [2.75, 3.05) is 6.26 Å². The molecular weight excluding hydrogens is 508 g/mol. The molecule has 182 valence electrons. The molecule has 0 unspecified atom stereocenters. The Bertz CT molecular complexity index is 1370. The molecule has 3 aromatic rings. The van der Waals surface area contributed by atoms with E-state index in [9.17, 15) is 23.1 Å². The summed E-state index contributed by atoms with van der Waals surface area (Å²) in [6.07, 6.45) is 2.58. The SMILES string of the molecule is CS(=O)(=O)N[C@@H](C(=O)O)c1ccc(-c2ccc(/C=C3\S[C@@H](S)N(Cc4ccccc4)C3=O)o2)cc1. The molecule has 1 fully saturated rings. The summed E-state index contributed by atoms with van der Waals surface area (Å²) < 4.78 is 30.6. The number of carbonyl (C=O) groups excluding carboxylic acids is 1. The number of nitrogens with one attached hydrogen (secondary N) is 1. The molecule has 4 rings (SSSR count). The van der Waals surface area contributed by atoms with Crippen LogP contribution in [0.25, 0.3) is 17.4 Å². The standard InChI is InChI=1S/C24H22N2O6S3/c1-35(30,31)25-21(23(28)29)17-9-7-16(8-10-17)19-12-11-18(32-19)13-20-22(27)26(24(33)34-20)14-15-5-3-2-4-6-15/h2-13,21,24-25,33H,14H2,1H3,(H,28,29)/b20-13-/t21-,24-/m1/s1. The van der Waals surface area contributed by atoms with E-state index in [4.69, 9.17) is 4.42 Å². The predicted octanol–water partition coefficient (Wildman–Crippen LogP) is 3.95. The van der Waals surface area contributed by atoms with Gasteiger partial charge in [0.2, 0.25) is 10.0 Å². The topological polar surface area (TPSA) is 117 Å². The lowest BCUT2D eigenvalue weighted by molar-refractivity contribution is -0.139. The summed E-state index contributed by atoms with van der Waals surface area (Å²) >= 11 is 5.89. The zero-order valence-electron chi connectivity index (χ0n) is 18.5. The van der Waals surface area contributed by atoms with Crippen molar-refractivity contribution in [3.8, 4) is 11.3 Å². The van der Waals surface area contributed by atoms with E-state index in [1.807, 2.05) is 30.3 Å². The molecule has 1 aliphatic rings. The summed E-state index contributed by atoms with van der Waals surface area (Å²) in [5.41, 5.74) is 1.97. The smallest absolute Gasteiger partial charge is 0.326 e. The van der Waals surface area contributed by atoms with Gasteiger partial charge in [-0.15, -0.1) is 12.6 Å². The lowest BCUT2D eigenvalue weighted by Crippen LogP contribution is -2.32. The zero-order valence-corrected chi connectivity index (χ0v) is 21.0. The number of benzene rings is 2. The van der Waals surface area contributed by atoms with Crippen LogP contribution < -0.4 is 4.72 Å². The summed E-state index contributed by atoms with van der Waals surface area (Å²) in [5, 5.41) is 9.37. The number of amides is 1. The third kappa shape index (κ3) is 6.17. The highest BCUT2D eigenvalue weighted by atomic mass is 32.2. The van der Waals surface area contributed by atoms with Gasteiger partial charge in [0.1, 0.15) is 22.3 Å². The highest BCUT2D eigenvalue weighted by Gasteiger charge is 2.34. The van der Waals surface area contributed by atoms with Gasteiger partial charge < -0.3 is 14.4 Å². The number of hydrogen-bond donors (Lipinski definition) is 3. The van der Waals surface area contributed by atoms with Crippen LogP contribution in [0.2, 0.25) is 0 Å². The Morgan fingerprint density at radius 1 is 1.17 bits per heavy atom. The third-order valence-electron chi connectivity index (χ3n) is 5.17. The number of rotatable bonds is 8. The molecule has 0 aliphatic carbocycles. The van der Waals surface area contributed by atoms with Gasteiger partial charge >= 0.3 is 5.97 Å². The van der Waals surface area contributed by atoms with Gasteiger partial charge in [0.05, 0.1) is 11.2 Å². The van der Waals surface area contributed by atoms with Gasteiger partial charge in [-0.05, 0) is 23.3 Å². The number of hydrogen-bond acceptors (Lipinski definition) is 7. The van der Waals surface area contributed by atoms with Crippen molar-refractivity contribution >= 4 is 52.4 Å². The molecule has 0 radical (unpaired) electrons. The van der Waals surface area contributed by atoms with E-state index in [0.717, 1.165) is 11.8 Å². The number of carboxylic acid groups (broad SMARTS) is 1. The molecule has 1 saturated heterocycles. The molecule has 35 heavy (non-hydrogen) atoms. The highest BCUT2D eigenvalue weighted by molar-refractivity contribution is 8.14. The Kier molecular flexibility index (Phi) is 7.41. The lowest BCUT2D eigenvalue weighted by Gasteiger charge is -2.19. The largest absolute Gasteiger partial charge is 0.480 e. The van der Waals surface area contributed by atoms with Crippen molar-refractivity contribution in [3.63, 3.8) is 0 Å². The maximum atomic E-state index is 12.9. The Hall–Kier alpha value is -2.99. The van der Waals surface area contributed by atoms with Gasteiger partial charge in [-0.2, -0.15) is 4.72 Å². The number of carbonyl (C=O) groups is 2. The first-order valence-electron chi connectivity index (χ1n) is 10.4. The maximum Gasteiger partial charge on any atom is 0.326 e. The van der Waals surface area contributed by atoms with E-state index in [-0.39, 0.29) is 16.2 Å². The van der Waals surface area contributed by atoms with Crippen LogP contribution in [0.5, 0.6) is 0 Å². The number of thioether (sulfide) groups is 1. The molecule has 0 spiro atoms. The number of aliphatic carboxylic acids is 1. The predicted molar refractivity (Wildman–Crippen MR) is 138 cm³/mol. The minimum atomic E-state index is -3.71. The average molecular weight is 531 g/mol.